The Morgan fingerprint density at radius 3 is 2.64 bits per heavy atom. The van der Waals surface area contributed by atoms with E-state index >= 15 is 0 Å². The molecule has 4 rings (SSSR count). The molecule has 1 amide bonds. The molecule has 1 aromatic heterocycles. The van der Waals surface area contributed by atoms with Crippen molar-refractivity contribution in [3.63, 3.8) is 0 Å². The van der Waals surface area contributed by atoms with Crippen molar-refractivity contribution in [2.24, 2.45) is 0 Å². The van der Waals surface area contributed by atoms with E-state index < -0.39 is 17.0 Å². The lowest BCUT2D eigenvalue weighted by molar-refractivity contribution is -0.141. The lowest BCUT2D eigenvalue weighted by atomic mass is 9.72. The number of carbonyl (C=O) groups is 1. The van der Waals surface area contributed by atoms with Crippen molar-refractivity contribution < 1.29 is 22.7 Å². The van der Waals surface area contributed by atoms with E-state index in [0.29, 0.717) is 39.1 Å². The highest BCUT2D eigenvalue weighted by Crippen LogP contribution is 2.40. The molecule has 2 aliphatic heterocycles. The van der Waals surface area contributed by atoms with Crippen LogP contribution in [0.15, 0.2) is 46.6 Å². The lowest BCUT2D eigenvalue weighted by Gasteiger charge is -2.41. The van der Waals surface area contributed by atoms with Gasteiger partial charge in [0, 0.05) is 43.5 Å². The predicted octanol–water partition coefficient (Wildman–Crippen LogP) is 4.31. The van der Waals surface area contributed by atoms with Crippen molar-refractivity contribution >= 4 is 11.5 Å². The molecule has 3 heterocycles. The molecule has 0 atom stereocenters. The molecule has 2 aromatic rings. The van der Waals surface area contributed by atoms with Gasteiger partial charge in [-0.25, -0.2) is 8.78 Å². The summed E-state index contributed by atoms with van der Waals surface area (Å²) < 4.78 is 39.2. The molecule has 0 saturated carbocycles. The van der Waals surface area contributed by atoms with Crippen LogP contribution in [0.1, 0.15) is 37.5 Å². The first kappa shape index (κ1) is 18.9. The second-order valence-corrected chi connectivity index (χ2v) is 7.53. The van der Waals surface area contributed by atoms with E-state index in [-0.39, 0.29) is 11.5 Å². The molecule has 1 saturated heterocycles. The number of hydrogen-bond donors (Lipinski definition) is 0. The molecule has 0 N–H and O–H groups in total. The standard InChI is InChI=1S/C22H23F2NO3/c1-15-6-9-25(14-17(15)20-3-2-10-28-20)21(26)22(7-11-27-12-8-22)18-5-4-16(23)13-19(18)24/h2-5,10,13H,6-9,11-12,14H2,1H3. The fourth-order valence-electron chi connectivity index (χ4n) is 4.27. The molecule has 0 aliphatic carbocycles. The van der Waals surface area contributed by atoms with E-state index in [0.717, 1.165) is 23.8 Å². The van der Waals surface area contributed by atoms with Crippen LogP contribution >= 0.6 is 0 Å². The van der Waals surface area contributed by atoms with Crippen molar-refractivity contribution in [3.8, 4) is 0 Å². The van der Waals surface area contributed by atoms with Crippen LogP contribution in [-0.2, 0) is 14.9 Å². The quantitative estimate of drug-likeness (QED) is 0.788. The van der Waals surface area contributed by atoms with Crippen molar-refractivity contribution in [3.05, 3.63) is 65.1 Å². The zero-order valence-electron chi connectivity index (χ0n) is 15.8. The number of rotatable bonds is 3. The minimum atomic E-state index is -1.03. The van der Waals surface area contributed by atoms with Crippen LogP contribution in [0.4, 0.5) is 8.78 Å². The summed E-state index contributed by atoms with van der Waals surface area (Å²) in [6.45, 7) is 3.78. The van der Waals surface area contributed by atoms with Crippen LogP contribution in [0.2, 0.25) is 0 Å². The van der Waals surface area contributed by atoms with Gasteiger partial charge in [-0.2, -0.15) is 0 Å². The first-order valence-electron chi connectivity index (χ1n) is 9.56. The minimum absolute atomic E-state index is 0.127. The molecule has 1 fully saturated rings. The highest BCUT2D eigenvalue weighted by atomic mass is 19.1. The number of amides is 1. The number of hydrogen-bond acceptors (Lipinski definition) is 3. The van der Waals surface area contributed by atoms with E-state index in [1.807, 2.05) is 19.1 Å². The second-order valence-electron chi connectivity index (χ2n) is 7.53. The van der Waals surface area contributed by atoms with Crippen molar-refractivity contribution in [1.29, 1.82) is 0 Å². The van der Waals surface area contributed by atoms with Gasteiger partial charge in [0.05, 0.1) is 11.7 Å². The minimum Gasteiger partial charge on any atom is -0.465 e. The first-order chi connectivity index (χ1) is 13.5. The first-order valence-corrected chi connectivity index (χ1v) is 9.56. The summed E-state index contributed by atoms with van der Waals surface area (Å²) in [6, 6.07) is 7.19. The molecule has 1 aromatic carbocycles. The van der Waals surface area contributed by atoms with Crippen LogP contribution in [-0.4, -0.2) is 37.1 Å². The topological polar surface area (TPSA) is 42.7 Å². The maximum Gasteiger partial charge on any atom is 0.233 e. The van der Waals surface area contributed by atoms with E-state index in [2.05, 4.69) is 0 Å². The Balaban J connectivity index is 1.69. The molecular formula is C22H23F2NO3. The fraction of sp³-hybridized carbons (Fsp3) is 0.409. The average Bonchev–Trinajstić information content (AvgIpc) is 3.23. The molecule has 0 unspecified atom stereocenters. The normalized spacial score (nSPS) is 19.8. The van der Waals surface area contributed by atoms with Crippen LogP contribution in [0.3, 0.4) is 0 Å². The Morgan fingerprint density at radius 2 is 1.96 bits per heavy atom. The van der Waals surface area contributed by atoms with Gasteiger partial charge in [-0.1, -0.05) is 11.6 Å². The molecule has 148 valence electrons. The lowest BCUT2D eigenvalue weighted by Crippen LogP contribution is -2.51. The van der Waals surface area contributed by atoms with Gasteiger partial charge in [0.15, 0.2) is 0 Å². The van der Waals surface area contributed by atoms with E-state index in [4.69, 9.17) is 9.15 Å². The number of carbonyl (C=O) groups excluding carboxylic acids is 1. The highest BCUT2D eigenvalue weighted by molar-refractivity contribution is 5.90. The summed E-state index contributed by atoms with van der Waals surface area (Å²) in [6.07, 6.45) is 3.11. The Labute approximate surface area is 162 Å². The summed E-state index contributed by atoms with van der Waals surface area (Å²) in [4.78, 5) is 15.5. The van der Waals surface area contributed by atoms with Gasteiger partial charge in [0.25, 0.3) is 0 Å². The maximum atomic E-state index is 14.7. The second kappa shape index (κ2) is 7.51. The highest BCUT2D eigenvalue weighted by Gasteiger charge is 2.46. The van der Waals surface area contributed by atoms with Gasteiger partial charge >= 0.3 is 0 Å². The van der Waals surface area contributed by atoms with Crippen molar-refractivity contribution in [2.75, 3.05) is 26.3 Å². The number of benzene rings is 1. The van der Waals surface area contributed by atoms with Crippen LogP contribution in [0, 0.1) is 11.6 Å². The maximum absolute atomic E-state index is 14.7. The molecule has 2 aliphatic rings. The van der Waals surface area contributed by atoms with E-state index in [1.54, 1.807) is 11.2 Å². The predicted molar refractivity (Wildman–Crippen MR) is 101 cm³/mol. The van der Waals surface area contributed by atoms with Crippen molar-refractivity contribution in [2.45, 2.75) is 31.6 Å². The van der Waals surface area contributed by atoms with Crippen LogP contribution < -0.4 is 0 Å². The molecule has 28 heavy (non-hydrogen) atoms. The summed E-state index contributed by atoms with van der Waals surface area (Å²) in [7, 11) is 0. The molecule has 4 nitrogen and oxygen atoms in total. The number of ether oxygens (including phenoxy) is 1. The van der Waals surface area contributed by atoms with Crippen LogP contribution in [0.5, 0.6) is 0 Å². The Kier molecular flexibility index (Phi) is 5.06. The Bertz CT molecular complexity index is 899. The summed E-state index contributed by atoms with van der Waals surface area (Å²) in [5, 5.41) is 0. The van der Waals surface area contributed by atoms with Gasteiger partial charge < -0.3 is 14.1 Å². The zero-order valence-corrected chi connectivity index (χ0v) is 15.8. The van der Waals surface area contributed by atoms with Gasteiger partial charge in [-0.3, -0.25) is 4.79 Å². The van der Waals surface area contributed by atoms with Gasteiger partial charge in [0.2, 0.25) is 5.91 Å². The molecule has 6 heteroatoms. The Morgan fingerprint density at radius 1 is 1.18 bits per heavy atom. The monoisotopic (exact) mass is 387 g/mol. The number of nitrogens with zero attached hydrogens (tertiary/aromatic N) is 1. The molecular weight excluding hydrogens is 364 g/mol. The van der Waals surface area contributed by atoms with E-state index in [1.165, 1.54) is 17.7 Å². The largest absolute Gasteiger partial charge is 0.465 e. The Hall–Kier alpha value is -2.47. The molecule has 0 bridgehead atoms. The molecule has 0 radical (unpaired) electrons. The third-order valence-electron chi connectivity index (χ3n) is 5.93. The fourth-order valence-corrected chi connectivity index (χ4v) is 4.27. The van der Waals surface area contributed by atoms with Gasteiger partial charge in [-0.05, 0) is 44.4 Å². The molecule has 0 spiro atoms. The zero-order chi connectivity index (χ0) is 19.7. The average molecular weight is 387 g/mol. The summed E-state index contributed by atoms with van der Waals surface area (Å²) in [5.74, 6) is -0.695. The summed E-state index contributed by atoms with van der Waals surface area (Å²) in [5.41, 5.74) is 1.41. The van der Waals surface area contributed by atoms with Crippen molar-refractivity contribution in [1.82, 2.24) is 4.90 Å². The van der Waals surface area contributed by atoms with E-state index in [9.17, 15) is 13.6 Å². The van der Waals surface area contributed by atoms with Gasteiger partial charge in [0.1, 0.15) is 17.4 Å². The summed E-state index contributed by atoms with van der Waals surface area (Å²) >= 11 is 0. The number of furan rings is 1. The number of halogens is 2. The smallest absolute Gasteiger partial charge is 0.233 e. The van der Waals surface area contributed by atoms with Crippen LogP contribution in [0.25, 0.3) is 5.57 Å². The van der Waals surface area contributed by atoms with Gasteiger partial charge in [-0.15, -0.1) is 0 Å². The SMILES string of the molecule is CC1=C(c2ccco2)CN(C(=O)C2(c3ccc(F)cc3F)CCOCC2)CC1. The third-order valence-corrected chi connectivity index (χ3v) is 5.93. The third kappa shape index (κ3) is 3.26.